The molecule has 4 aromatic carbocycles. The van der Waals surface area contributed by atoms with Crippen molar-refractivity contribution in [3.05, 3.63) is 136 Å². The van der Waals surface area contributed by atoms with Crippen LogP contribution in [0.1, 0.15) is 38.8 Å². The molecule has 13 nitrogen and oxygen atoms in total. The lowest BCUT2D eigenvalue weighted by Crippen LogP contribution is -2.31. The number of carbonyl (C=O) groups is 4. The number of nitrogens with zero attached hydrogens (tertiary/aromatic N) is 6. The van der Waals surface area contributed by atoms with E-state index in [1.54, 1.807) is 102 Å². The average molecular weight is 764 g/mol. The van der Waals surface area contributed by atoms with Crippen molar-refractivity contribution in [1.29, 1.82) is 0 Å². The highest BCUT2D eigenvalue weighted by Crippen LogP contribution is 2.32. The Morgan fingerprint density at radius 3 is 1.71 bits per heavy atom. The third kappa shape index (κ3) is 7.66. The largest absolute Gasteiger partial charge is 0.465 e. The molecule has 0 aliphatic heterocycles. The number of rotatable bonds is 10. The third-order valence-electron chi connectivity index (χ3n) is 7.95. The maximum absolute atomic E-state index is 14.1. The van der Waals surface area contributed by atoms with E-state index in [0.717, 1.165) is 5.56 Å². The Hall–Kier alpha value is -6.41. The summed E-state index contributed by atoms with van der Waals surface area (Å²) in [5, 5.41) is 0. The summed E-state index contributed by atoms with van der Waals surface area (Å²) in [6.07, 6.45) is -0.778. The van der Waals surface area contributed by atoms with Crippen LogP contribution >= 0.6 is 15.9 Å². The molecular formula is C38H31BrN6O7. The number of benzene rings is 4. The van der Waals surface area contributed by atoms with Crippen molar-refractivity contribution in [3.8, 4) is 5.88 Å². The Bertz CT molecular complexity index is 2210. The molecule has 52 heavy (non-hydrogen) atoms. The smallest absolute Gasteiger partial charge is 0.425 e. The van der Waals surface area contributed by atoms with Gasteiger partial charge in [-0.2, -0.15) is 9.97 Å². The van der Waals surface area contributed by atoms with Crippen molar-refractivity contribution >= 4 is 68.4 Å². The van der Waals surface area contributed by atoms with Gasteiger partial charge in [0.05, 0.1) is 49.8 Å². The zero-order chi connectivity index (χ0) is 36.8. The highest BCUT2D eigenvalue weighted by Gasteiger charge is 2.27. The second-order valence-electron chi connectivity index (χ2n) is 11.3. The molecule has 2 aromatic heterocycles. The number of halogens is 1. The van der Waals surface area contributed by atoms with Crippen LogP contribution in [0.2, 0.25) is 0 Å². The Morgan fingerprint density at radius 1 is 0.692 bits per heavy atom. The number of aromatic nitrogens is 4. The zero-order valence-corrected chi connectivity index (χ0v) is 29.8. The molecule has 0 spiro atoms. The van der Waals surface area contributed by atoms with Gasteiger partial charge in [0.2, 0.25) is 11.9 Å². The predicted octanol–water partition coefficient (Wildman–Crippen LogP) is 7.10. The second kappa shape index (κ2) is 15.6. The van der Waals surface area contributed by atoms with Gasteiger partial charge in [-0.3, -0.25) is 14.3 Å². The van der Waals surface area contributed by atoms with Gasteiger partial charge in [-0.15, -0.1) is 0 Å². The number of methoxy groups -OCH3 is 2. The Balaban J connectivity index is 1.45. The molecule has 14 heteroatoms. The first-order valence-electron chi connectivity index (χ1n) is 15.8. The maximum atomic E-state index is 14.1. The van der Waals surface area contributed by atoms with Crippen LogP contribution in [0.4, 0.5) is 22.1 Å². The van der Waals surface area contributed by atoms with Crippen LogP contribution in [0.15, 0.2) is 114 Å². The monoisotopic (exact) mass is 762 g/mol. The number of anilines is 3. The molecule has 0 N–H and O–H groups in total. The maximum Gasteiger partial charge on any atom is 0.425 e. The fourth-order valence-corrected chi connectivity index (χ4v) is 5.80. The highest BCUT2D eigenvalue weighted by atomic mass is 79.9. The molecule has 0 bridgehead atoms. The van der Waals surface area contributed by atoms with Crippen molar-refractivity contribution < 1.29 is 33.4 Å². The van der Waals surface area contributed by atoms with Crippen LogP contribution in [0.3, 0.4) is 0 Å². The van der Waals surface area contributed by atoms with E-state index in [4.69, 9.17) is 19.2 Å². The molecule has 0 saturated carbocycles. The van der Waals surface area contributed by atoms with E-state index in [0.29, 0.717) is 32.8 Å². The number of hydrogen-bond donors (Lipinski definition) is 0. The molecule has 0 atom stereocenters. The van der Waals surface area contributed by atoms with Gasteiger partial charge in [-0.25, -0.2) is 24.3 Å². The summed E-state index contributed by atoms with van der Waals surface area (Å²) in [4.78, 5) is 68.0. The summed E-state index contributed by atoms with van der Waals surface area (Å²) in [7, 11) is 2.61. The van der Waals surface area contributed by atoms with Crippen molar-refractivity contribution in [1.82, 2.24) is 19.5 Å². The van der Waals surface area contributed by atoms with Crippen molar-refractivity contribution in [2.75, 3.05) is 24.0 Å². The fourth-order valence-electron chi connectivity index (χ4n) is 5.33. The number of esters is 2. The first-order valence-corrected chi connectivity index (χ1v) is 16.6. The van der Waals surface area contributed by atoms with E-state index in [1.807, 2.05) is 12.1 Å². The van der Waals surface area contributed by atoms with Gasteiger partial charge in [0.15, 0.2) is 15.9 Å². The summed E-state index contributed by atoms with van der Waals surface area (Å²) < 4.78 is 17.7. The molecule has 2 heterocycles. The fraction of sp³-hybridized carbons (Fsp3) is 0.132. The lowest BCUT2D eigenvalue weighted by Gasteiger charge is -2.23. The molecule has 0 aliphatic carbocycles. The van der Waals surface area contributed by atoms with E-state index in [2.05, 4.69) is 25.9 Å². The number of amides is 2. The molecule has 6 rings (SSSR count). The predicted molar refractivity (Wildman–Crippen MR) is 196 cm³/mol. The van der Waals surface area contributed by atoms with E-state index in [-0.39, 0.29) is 36.1 Å². The number of imidazole rings is 1. The quantitative estimate of drug-likeness (QED) is 0.105. The van der Waals surface area contributed by atoms with Crippen LogP contribution in [-0.2, 0) is 27.4 Å². The van der Waals surface area contributed by atoms with Gasteiger partial charge in [0, 0.05) is 6.92 Å². The molecule has 6 aromatic rings. The van der Waals surface area contributed by atoms with Crippen LogP contribution < -0.4 is 14.5 Å². The van der Waals surface area contributed by atoms with Crippen LogP contribution in [0, 0.1) is 0 Å². The van der Waals surface area contributed by atoms with Gasteiger partial charge < -0.3 is 14.2 Å². The van der Waals surface area contributed by atoms with Gasteiger partial charge in [0.25, 0.3) is 5.88 Å². The van der Waals surface area contributed by atoms with Crippen LogP contribution in [0.25, 0.3) is 11.2 Å². The van der Waals surface area contributed by atoms with E-state index >= 15 is 0 Å². The average Bonchev–Trinajstić information content (AvgIpc) is 3.48. The summed E-state index contributed by atoms with van der Waals surface area (Å²) in [6.45, 7) is 1.63. The lowest BCUT2D eigenvalue weighted by molar-refractivity contribution is -0.116. The molecule has 262 valence electrons. The molecule has 0 aliphatic rings. The number of para-hydroxylation sites is 2. The molecule has 0 saturated heterocycles. The number of hydrogen-bond acceptors (Lipinski definition) is 10. The van der Waals surface area contributed by atoms with Gasteiger partial charge in [0.1, 0.15) is 0 Å². The Labute approximate surface area is 306 Å². The summed E-state index contributed by atoms with van der Waals surface area (Å²) in [5.74, 6) is -1.59. The minimum absolute atomic E-state index is 0.0279. The normalized spacial score (nSPS) is 10.8. The number of ether oxygens (including phenoxy) is 3. The lowest BCUT2D eigenvalue weighted by atomic mass is 10.1. The van der Waals surface area contributed by atoms with Crippen LogP contribution in [0.5, 0.6) is 5.88 Å². The first-order chi connectivity index (χ1) is 25.2. The molecule has 0 unspecified atom stereocenters. The minimum Gasteiger partial charge on any atom is -0.465 e. The van der Waals surface area contributed by atoms with Crippen molar-refractivity contribution in [2.24, 2.45) is 0 Å². The second-order valence-corrected chi connectivity index (χ2v) is 12.0. The zero-order valence-electron chi connectivity index (χ0n) is 28.2. The van der Waals surface area contributed by atoms with E-state index in [1.165, 1.54) is 30.9 Å². The van der Waals surface area contributed by atoms with E-state index < -0.39 is 23.9 Å². The highest BCUT2D eigenvalue weighted by molar-refractivity contribution is 9.10. The van der Waals surface area contributed by atoms with Crippen LogP contribution in [-0.4, -0.2) is 57.7 Å². The molecule has 0 radical (unpaired) electrons. The Morgan fingerprint density at radius 2 is 1.21 bits per heavy atom. The summed E-state index contributed by atoms with van der Waals surface area (Å²) >= 11 is 3.53. The number of fused-ring (bicyclic) bond motifs is 1. The molecule has 0 fully saturated rings. The molecule has 2 amide bonds. The minimum atomic E-state index is -0.778. The topological polar surface area (TPSA) is 146 Å². The summed E-state index contributed by atoms with van der Waals surface area (Å²) in [5.41, 5.74) is 3.71. The van der Waals surface area contributed by atoms with Crippen molar-refractivity contribution in [3.63, 3.8) is 0 Å². The molecular weight excluding hydrogens is 732 g/mol. The Kier molecular flexibility index (Phi) is 10.7. The van der Waals surface area contributed by atoms with Gasteiger partial charge >= 0.3 is 18.0 Å². The standard InChI is InChI=1S/C38H31BrN6O7/c1-24(46)43(22-25-14-18-27(19-15-25)34(47)50-2)37-41-32-31(40-36(39)44(32)23-26-16-20-28(21-17-26)35(48)51-3)33(42-37)52-38(49)45(29-10-6-4-7-11-29)30-12-8-5-9-13-30/h4-21H,22-23H2,1-3H3. The third-order valence-corrected chi connectivity index (χ3v) is 8.56. The first kappa shape index (κ1) is 35.4. The summed E-state index contributed by atoms with van der Waals surface area (Å²) in [6, 6.07) is 31.4. The van der Waals surface area contributed by atoms with Gasteiger partial charge in [-0.1, -0.05) is 60.7 Å². The number of carbonyl (C=O) groups excluding carboxylic acids is 4. The van der Waals surface area contributed by atoms with Gasteiger partial charge in [-0.05, 0) is 75.6 Å². The van der Waals surface area contributed by atoms with Crippen molar-refractivity contribution in [2.45, 2.75) is 20.0 Å². The SMILES string of the molecule is COC(=O)c1ccc(CN(C(C)=O)c2nc(OC(=O)N(c3ccccc3)c3ccccc3)c3nc(Br)n(Cc4ccc(C(=O)OC)cc4)c3n2)cc1. The van der Waals surface area contributed by atoms with E-state index in [9.17, 15) is 19.2 Å².